The van der Waals surface area contributed by atoms with E-state index < -0.39 is 11.7 Å². The molecule has 33 heavy (non-hydrogen) atoms. The van der Waals surface area contributed by atoms with Crippen LogP contribution >= 0.6 is 11.3 Å². The van der Waals surface area contributed by atoms with E-state index in [4.69, 9.17) is 0 Å². The third kappa shape index (κ3) is 5.45. The lowest BCUT2D eigenvalue weighted by Gasteiger charge is -2.10. The van der Waals surface area contributed by atoms with Gasteiger partial charge < -0.3 is 5.32 Å². The lowest BCUT2D eigenvalue weighted by atomic mass is 10.0. The van der Waals surface area contributed by atoms with Gasteiger partial charge in [-0.25, -0.2) is 0 Å². The molecule has 0 fully saturated rings. The highest BCUT2D eigenvalue weighted by Gasteiger charge is 2.30. The first-order valence-corrected chi connectivity index (χ1v) is 11.7. The molecule has 2 nitrogen and oxygen atoms in total. The van der Waals surface area contributed by atoms with Crippen LogP contribution in [0.1, 0.15) is 41.3 Å². The smallest absolute Gasteiger partial charge is 0.385 e. The number of halogens is 3. The Morgan fingerprint density at radius 1 is 1.21 bits per heavy atom. The molecule has 0 saturated carbocycles. The summed E-state index contributed by atoms with van der Waals surface area (Å²) in [5.41, 5.74) is 5.16. The van der Waals surface area contributed by atoms with Gasteiger partial charge in [-0.1, -0.05) is 56.0 Å². The van der Waals surface area contributed by atoms with Crippen molar-refractivity contribution in [2.24, 2.45) is 0 Å². The summed E-state index contributed by atoms with van der Waals surface area (Å²) >= 11 is 1.59. The molecule has 1 aromatic carbocycles. The Labute approximate surface area is 195 Å². The van der Waals surface area contributed by atoms with Gasteiger partial charge in [-0.2, -0.15) is 13.2 Å². The second-order valence-electron chi connectivity index (χ2n) is 7.98. The summed E-state index contributed by atoms with van der Waals surface area (Å²) in [6.07, 6.45) is 8.09. The molecule has 0 bridgehead atoms. The maximum Gasteiger partial charge on any atom is 0.416 e. The zero-order valence-corrected chi connectivity index (χ0v) is 19.2. The lowest BCUT2D eigenvalue weighted by molar-refractivity contribution is -0.137. The van der Waals surface area contributed by atoms with Crippen LogP contribution in [0.5, 0.6) is 0 Å². The Morgan fingerprint density at radius 3 is 2.85 bits per heavy atom. The van der Waals surface area contributed by atoms with Crippen LogP contribution in [0.15, 0.2) is 84.7 Å². The third-order valence-electron chi connectivity index (χ3n) is 5.50. The molecule has 1 aliphatic rings. The minimum atomic E-state index is -4.34. The molecule has 3 aromatic rings. The zero-order chi connectivity index (χ0) is 23.4. The van der Waals surface area contributed by atoms with E-state index >= 15 is 0 Å². The first-order chi connectivity index (χ1) is 15.8. The number of allylic oxidation sites excluding steroid dienone is 6. The summed E-state index contributed by atoms with van der Waals surface area (Å²) in [5, 5.41) is 3.35. The monoisotopic (exact) mass is 466 g/mol. The average Bonchev–Trinajstić information content (AvgIpc) is 3.04. The molecule has 0 unspecified atom stereocenters. The van der Waals surface area contributed by atoms with E-state index in [0.717, 1.165) is 63.0 Å². The fourth-order valence-corrected chi connectivity index (χ4v) is 4.98. The fraction of sp³-hybridized carbons (Fsp3) is 0.222. The number of rotatable bonds is 7. The lowest BCUT2D eigenvalue weighted by Crippen LogP contribution is -2.14. The maximum atomic E-state index is 13.1. The molecule has 0 amide bonds. The van der Waals surface area contributed by atoms with Gasteiger partial charge in [0.05, 0.1) is 15.8 Å². The molecule has 1 aliphatic carbocycles. The number of thiophene rings is 1. The van der Waals surface area contributed by atoms with Crippen molar-refractivity contribution in [3.05, 3.63) is 106 Å². The van der Waals surface area contributed by atoms with Gasteiger partial charge in [0, 0.05) is 35.3 Å². The highest BCUT2D eigenvalue weighted by molar-refractivity contribution is 7.19. The van der Waals surface area contributed by atoms with E-state index in [1.165, 1.54) is 12.1 Å². The van der Waals surface area contributed by atoms with E-state index in [1.54, 1.807) is 23.6 Å². The highest BCUT2D eigenvalue weighted by atomic mass is 32.1. The molecule has 0 spiro atoms. The average molecular weight is 467 g/mol. The van der Waals surface area contributed by atoms with Gasteiger partial charge in [0.1, 0.15) is 0 Å². The molecule has 0 saturated heterocycles. The summed E-state index contributed by atoms with van der Waals surface area (Å²) in [7, 11) is 0. The van der Waals surface area contributed by atoms with E-state index in [2.05, 4.69) is 42.0 Å². The van der Waals surface area contributed by atoms with Crippen molar-refractivity contribution >= 4 is 27.1 Å². The number of hydrogen-bond acceptors (Lipinski definition) is 3. The van der Waals surface area contributed by atoms with Crippen molar-refractivity contribution in [3.8, 4) is 0 Å². The number of fused-ring (bicyclic) bond motifs is 1. The third-order valence-corrected chi connectivity index (χ3v) is 6.66. The normalized spacial score (nSPS) is 14.1. The standard InChI is InChI=1S/C27H25F3N2S/c1-3-13-31-18(2)20-7-5-8-21(11-10-20)24-12-14-32-25-17-23(33-26(24)25)16-19-6-4-9-22(15-19)27(28,29)30/h4-9,11-12,14-15,17,31H,2-3,10,13,16H2,1H3. The summed E-state index contributed by atoms with van der Waals surface area (Å²) in [5.74, 6) is 0. The number of aromatic nitrogens is 1. The molecule has 0 atom stereocenters. The van der Waals surface area contributed by atoms with E-state index in [1.807, 2.05) is 18.2 Å². The first kappa shape index (κ1) is 23.1. The van der Waals surface area contributed by atoms with Crippen molar-refractivity contribution in [3.63, 3.8) is 0 Å². The molecule has 1 N–H and O–H groups in total. The summed E-state index contributed by atoms with van der Waals surface area (Å²) in [6.45, 7) is 7.16. The minimum absolute atomic E-state index is 0.438. The molecule has 2 aromatic heterocycles. The van der Waals surface area contributed by atoms with Crippen molar-refractivity contribution in [2.75, 3.05) is 6.54 Å². The van der Waals surface area contributed by atoms with E-state index in [0.29, 0.717) is 12.0 Å². The van der Waals surface area contributed by atoms with Crippen LogP contribution in [-0.4, -0.2) is 11.5 Å². The molecule has 4 rings (SSSR count). The van der Waals surface area contributed by atoms with Crippen LogP contribution in [0.3, 0.4) is 0 Å². The molecule has 0 radical (unpaired) electrons. The fourth-order valence-electron chi connectivity index (χ4n) is 3.80. The zero-order valence-electron chi connectivity index (χ0n) is 18.4. The van der Waals surface area contributed by atoms with Crippen LogP contribution in [0.4, 0.5) is 13.2 Å². The van der Waals surface area contributed by atoms with Gasteiger partial charge >= 0.3 is 6.18 Å². The predicted molar refractivity (Wildman–Crippen MR) is 131 cm³/mol. The maximum absolute atomic E-state index is 13.1. The van der Waals surface area contributed by atoms with Gasteiger partial charge in [0.25, 0.3) is 0 Å². The molecular weight excluding hydrogens is 441 g/mol. The Balaban J connectivity index is 1.59. The highest BCUT2D eigenvalue weighted by Crippen LogP contribution is 2.35. The molecular formula is C27H25F3N2S. The van der Waals surface area contributed by atoms with Gasteiger partial charge in [0.15, 0.2) is 0 Å². The van der Waals surface area contributed by atoms with Crippen molar-refractivity contribution in [1.29, 1.82) is 0 Å². The largest absolute Gasteiger partial charge is 0.416 e. The predicted octanol–water partition coefficient (Wildman–Crippen LogP) is 7.69. The van der Waals surface area contributed by atoms with Gasteiger partial charge in [-0.05, 0) is 47.8 Å². The van der Waals surface area contributed by atoms with E-state index in [-0.39, 0.29) is 0 Å². The molecule has 0 aliphatic heterocycles. The van der Waals surface area contributed by atoms with Crippen LogP contribution in [-0.2, 0) is 12.6 Å². The quantitative estimate of drug-likeness (QED) is 0.386. The number of pyridine rings is 1. The van der Waals surface area contributed by atoms with Crippen molar-refractivity contribution in [2.45, 2.75) is 32.4 Å². The number of hydrogen-bond donors (Lipinski definition) is 1. The Bertz CT molecular complexity index is 1260. The minimum Gasteiger partial charge on any atom is -0.385 e. The first-order valence-electron chi connectivity index (χ1n) is 10.9. The van der Waals surface area contributed by atoms with E-state index in [9.17, 15) is 13.2 Å². The summed E-state index contributed by atoms with van der Waals surface area (Å²) < 4.78 is 40.3. The summed E-state index contributed by atoms with van der Waals surface area (Å²) in [6, 6.07) is 9.50. The van der Waals surface area contributed by atoms with Crippen LogP contribution in [0, 0.1) is 0 Å². The van der Waals surface area contributed by atoms with Gasteiger partial charge in [-0.15, -0.1) is 11.3 Å². The van der Waals surface area contributed by atoms with Crippen molar-refractivity contribution in [1.82, 2.24) is 10.3 Å². The molecule has 2 heterocycles. The van der Waals surface area contributed by atoms with Crippen LogP contribution in [0.25, 0.3) is 15.8 Å². The molecule has 170 valence electrons. The number of benzene rings is 1. The second-order valence-corrected chi connectivity index (χ2v) is 9.12. The Morgan fingerprint density at radius 2 is 2.06 bits per heavy atom. The summed E-state index contributed by atoms with van der Waals surface area (Å²) in [4.78, 5) is 5.48. The molecule has 6 heteroatoms. The number of alkyl halides is 3. The number of nitrogens with zero attached hydrogens (tertiary/aromatic N) is 1. The van der Waals surface area contributed by atoms with Crippen LogP contribution in [0.2, 0.25) is 0 Å². The van der Waals surface area contributed by atoms with Gasteiger partial charge in [-0.3, -0.25) is 4.98 Å². The Hall–Kier alpha value is -3.12. The number of nitrogens with one attached hydrogen (secondary N) is 1. The van der Waals surface area contributed by atoms with Crippen molar-refractivity contribution < 1.29 is 13.2 Å². The SMILES string of the molecule is C=C(NCCC)C1=CC=CC(c2ccnc3cc(Cc4cccc(C(F)(F)F)c4)sc23)=CC1. The van der Waals surface area contributed by atoms with Gasteiger partial charge in [0.2, 0.25) is 0 Å². The second kappa shape index (κ2) is 9.79. The Kier molecular flexibility index (Phi) is 6.84. The van der Waals surface area contributed by atoms with Crippen LogP contribution < -0.4 is 5.32 Å². The topological polar surface area (TPSA) is 24.9 Å².